The molecular weight excluding hydrogens is 400 g/mol. The molecule has 1 aliphatic heterocycles. The fraction of sp³-hybridized carbons (Fsp3) is 0.348. The van der Waals surface area contributed by atoms with Gasteiger partial charge >= 0.3 is 11.9 Å². The second-order valence-electron chi connectivity index (χ2n) is 7.55. The largest absolute Gasteiger partial charge is 0.482 e. The number of carbonyl (C=O) groups is 3. The average Bonchev–Trinajstić information content (AvgIpc) is 2.75. The highest BCUT2D eigenvalue weighted by Crippen LogP contribution is 2.34. The third kappa shape index (κ3) is 5.82. The van der Waals surface area contributed by atoms with Crippen LogP contribution in [0.2, 0.25) is 0 Å². The third-order valence-corrected chi connectivity index (χ3v) is 4.76. The van der Waals surface area contributed by atoms with Crippen molar-refractivity contribution in [2.24, 2.45) is 0 Å². The van der Waals surface area contributed by atoms with E-state index in [9.17, 15) is 19.5 Å². The molecule has 0 aromatic heterocycles. The zero-order valence-corrected chi connectivity index (χ0v) is 17.6. The fourth-order valence-corrected chi connectivity index (χ4v) is 3.20. The Hall–Kier alpha value is -3.39. The number of esters is 1. The van der Waals surface area contributed by atoms with E-state index in [2.05, 4.69) is 5.32 Å². The average molecular weight is 426 g/mol. The molecule has 0 fully saturated rings. The van der Waals surface area contributed by atoms with Gasteiger partial charge in [0.15, 0.2) is 6.61 Å². The quantitative estimate of drug-likeness (QED) is 0.469. The Kier molecular flexibility index (Phi) is 7.25. The lowest BCUT2D eigenvalue weighted by Gasteiger charge is -2.30. The topological polar surface area (TPSA) is 105 Å². The standard InChI is InChI=1S/C23H26N2O6/c1-15(2)24-9-4-10-30-23(29)18-7-8-20-19(12-18)25(21(26)14-31-20)13-16-5-3-6-17(11-16)22(27)28/h3,5-8,11-12,15,24H,4,9-10,13-14H2,1-2H3,(H,27,28). The van der Waals surface area contributed by atoms with Gasteiger partial charge in [0.1, 0.15) is 5.75 Å². The van der Waals surface area contributed by atoms with E-state index in [4.69, 9.17) is 9.47 Å². The molecule has 0 spiro atoms. The van der Waals surface area contributed by atoms with Crippen LogP contribution in [0.5, 0.6) is 5.75 Å². The van der Waals surface area contributed by atoms with Crippen LogP contribution >= 0.6 is 0 Å². The molecule has 2 aromatic rings. The molecular formula is C23H26N2O6. The van der Waals surface area contributed by atoms with Crippen LogP contribution in [0.25, 0.3) is 0 Å². The number of hydrogen-bond acceptors (Lipinski definition) is 6. The van der Waals surface area contributed by atoms with Gasteiger partial charge in [0.05, 0.1) is 30.0 Å². The van der Waals surface area contributed by atoms with Crippen molar-refractivity contribution in [3.8, 4) is 5.75 Å². The van der Waals surface area contributed by atoms with E-state index in [1.165, 1.54) is 17.0 Å². The van der Waals surface area contributed by atoms with E-state index in [0.29, 0.717) is 35.0 Å². The molecule has 0 radical (unpaired) electrons. The van der Waals surface area contributed by atoms with Crippen molar-refractivity contribution in [1.29, 1.82) is 0 Å². The second-order valence-corrected chi connectivity index (χ2v) is 7.55. The number of nitrogens with zero attached hydrogens (tertiary/aromatic N) is 1. The molecule has 2 aromatic carbocycles. The van der Waals surface area contributed by atoms with Gasteiger partial charge in [-0.1, -0.05) is 26.0 Å². The number of amides is 1. The zero-order chi connectivity index (χ0) is 22.4. The lowest BCUT2D eigenvalue weighted by Crippen LogP contribution is -2.38. The van der Waals surface area contributed by atoms with Gasteiger partial charge in [-0.15, -0.1) is 0 Å². The highest BCUT2D eigenvalue weighted by molar-refractivity contribution is 6.00. The van der Waals surface area contributed by atoms with Crippen LogP contribution in [-0.2, 0) is 16.1 Å². The summed E-state index contributed by atoms with van der Waals surface area (Å²) in [5.74, 6) is -1.31. The van der Waals surface area contributed by atoms with Crippen LogP contribution in [0.4, 0.5) is 5.69 Å². The van der Waals surface area contributed by atoms with Crippen LogP contribution in [0.3, 0.4) is 0 Å². The molecule has 2 N–H and O–H groups in total. The van der Waals surface area contributed by atoms with E-state index in [0.717, 1.165) is 6.54 Å². The smallest absolute Gasteiger partial charge is 0.338 e. The lowest BCUT2D eigenvalue weighted by atomic mass is 10.1. The first-order valence-corrected chi connectivity index (χ1v) is 10.1. The SMILES string of the molecule is CC(C)NCCCOC(=O)c1ccc2c(c1)N(Cc1cccc(C(=O)O)c1)C(=O)CO2. The number of carboxylic acids is 1. The van der Waals surface area contributed by atoms with Crippen LogP contribution in [0.1, 0.15) is 46.5 Å². The summed E-state index contributed by atoms with van der Waals surface area (Å²) < 4.78 is 10.8. The monoisotopic (exact) mass is 426 g/mol. The highest BCUT2D eigenvalue weighted by atomic mass is 16.5. The number of hydrogen-bond donors (Lipinski definition) is 2. The van der Waals surface area contributed by atoms with E-state index in [-0.39, 0.29) is 31.2 Å². The lowest BCUT2D eigenvalue weighted by molar-refractivity contribution is -0.121. The molecule has 8 heteroatoms. The summed E-state index contributed by atoms with van der Waals surface area (Å²) in [4.78, 5) is 37.7. The number of fused-ring (bicyclic) bond motifs is 1. The minimum absolute atomic E-state index is 0.127. The number of rotatable bonds is 9. The number of nitrogens with one attached hydrogen (secondary N) is 1. The molecule has 1 amide bonds. The molecule has 0 saturated heterocycles. The summed E-state index contributed by atoms with van der Waals surface area (Å²) in [6.07, 6.45) is 0.697. The van der Waals surface area contributed by atoms with Crippen LogP contribution in [0.15, 0.2) is 42.5 Å². The molecule has 0 saturated carbocycles. The number of carbonyl (C=O) groups excluding carboxylic acids is 2. The van der Waals surface area contributed by atoms with Crippen LogP contribution in [0, 0.1) is 0 Å². The van der Waals surface area contributed by atoms with Crippen molar-refractivity contribution < 1.29 is 29.0 Å². The van der Waals surface area contributed by atoms with Crippen molar-refractivity contribution in [3.05, 3.63) is 59.2 Å². The van der Waals surface area contributed by atoms with Crippen LogP contribution < -0.4 is 15.0 Å². The van der Waals surface area contributed by atoms with Gasteiger partial charge in [-0.3, -0.25) is 4.79 Å². The minimum Gasteiger partial charge on any atom is -0.482 e. The maximum absolute atomic E-state index is 12.5. The molecule has 31 heavy (non-hydrogen) atoms. The highest BCUT2D eigenvalue weighted by Gasteiger charge is 2.27. The van der Waals surface area contributed by atoms with E-state index < -0.39 is 11.9 Å². The van der Waals surface area contributed by atoms with Gasteiger partial charge in [-0.2, -0.15) is 0 Å². The summed E-state index contributed by atoms with van der Waals surface area (Å²) >= 11 is 0. The van der Waals surface area contributed by atoms with Crippen molar-refractivity contribution in [3.63, 3.8) is 0 Å². The van der Waals surface area contributed by atoms with Crippen molar-refractivity contribution in [2.45, 2.75) is 32.9 Å². The van der Waals surface area contributed by atoms with Crippen molar-refractivity contribution in [1.82, 2.24) is 5.32 Å². The molecule has 3 rings (SSSR count). The van der Waals surface area contributed by atoms with Crippen LogP contribution in [-0.4, -0.2) is 48.8 Å². The normalized spacial score (nSPS) is 13.0. The molecule has 0 aliphatic carbocycles. The Balaban J connectivity index is 1.74. The maximum atomic E-state index is 12.5. The number of benzene rings is 2. The first kappa shape index (κ1) is 22.3. The van der Waals surface area contributed by atoms with Crippen molar-refractivity contribution >= 4 is 23.5 Å². The summed E-state index contributed by atoms with van der Waals surface area (Å²) in [5.41, 5.74) is 1.57. The third-order valence-electron chi connectivity index (χ3n) is 4.76. The second kappa shape index (κ2) is 10.1. The summed E-state index contributed by atoms with van der Waals surface area (Å²) in [6.45, 7) is 5.17. The number of ether oxygens (including phenoxy) is 2. The predicted molar refractivity (Wildman–Crippen MR) is 115 cm³/mol. The van der Waals surface area contributed by atoms with Gasteiger partial charge in [0.25, 0.3) is 5.91 Å². The van der Waals surface area contributed by atoms with E-state index in [1.807, 2.05) is 13.8 Å². The fourth-order valence-electron chi connectivity index (χ4n) is 3.20. The molecule has 1 heterocycles. The van der Waals surface area contributed by atoms with Gasteiger partial charge in [-0.05, 0) is 48.9 Å². The first-order valence-electron chi connectivity index (χ1n) is 10.1. The number of aromatic carboxylic acids is 1. The van der Waals surface area contributed by atoms with Crippen molar-refractivity contribution in [2.75, 3.05) is 24.7 Å². The minimum atomic E-state index is -1.04. The Labute approximate surface area is 180 Å². The predicted octanol–water partition coefficient (Wildman–Crippen LogP) is 2.86. The Morgan fingerprint density at radius 3 is 2.74 bits per heavy atom. The van der Waals surface area contributed by atoms with Gasteiger partial charge in [0.2, 0.25) is 0 Å². The van der Waals surface area contributed by atoms with Gasteiger partial charge in [0, 0.05) is 6.04 Å². The summed E-state index contributed by atoms with van der Waals surface area (Å²) in [5, 5.41) is 12.5. The molecule has 0 bridgehead atoms. The molecule has 0 atom stereocenters. The first-order chi connectivity index (χ1) is 14.8. The number of carboxylic acid groups (broad SMARTS) is 1. The maximum Gasteiger partial charge on any atom is 0.338 e. The Morgan fingerprint density at radius 1 is 1.19 bits per heavy atom. The number of anilines is 1. The zero-order valence-electron chi connectivity index (χ0n) is 17.6. The Bertz CT molecular complexity index is 972. The molecule has 164 valence electrons. The van der Waals surface area contributed by atoms with E-state index in [1.54, 1.807) is 30.3 Å². The van der Waals surface area contributed by atoms with Gasteiger partial charge < -0.3 is 24.8 Å². The molecule has 0 unspecified atom stereocenters. The summed E-state index contributed by atoms with van der Waals surface area (Å²) in [6, 6.07) is 11.6. The van der Waals surface area contributed by atoms with E-state index >= 15 is 0 Å². The summed E-state index contributed by atoms with van der Waals surface area (Å²) in [7, 11) is 0. The molecule has 1 aliphatic rings. The van der Waals surface area contributed by atoms with Gasteiger partial charge in [-0.25, -0.2) is 9.59 Å². The molecule has 8 nitrogen and oxygen atoms in total. The Morgan fingerprint density at radius 2 is 2.00 bits per heavy atom.